The Morgan fingerprint density at radius 1 is 1.25 bits per heavy atom. The molecular formula is C19H32N4O. The summed E-state index contributed by atoms with van der Waals surface area (Å²) in [4.78, 5) is 6.75. The number of hydrogen-bond donors (Lipinski definition) is 2. The molecule has 1 aliphatic rings. The first-order valence-corrected chi connectivity index (χ1v) is 9.18. The van der Waals surface area contributed by atoms with Gasteiger partial charge in [-0.25, -0.2) is 0 Å². The van der Waals surface area contributed by atoms with Crippen molar-refractivity contribution in [3.63, 3.8) is 0 Å². The van der Waals surface area contributed by atoms with Crippen LogP contribution in [0.5, 0.6) is 0 Å². The van der Waals surface area contributed by atoms with Crippen LogP contribution >= 0.6 is 0 Å². The van der Waals surface area contributed by atoms with E-state index in [0.717, 1.165) is 58.1 Å². The van der Waals surface area contributed by atoms with Gasteiger partial charge in [0.05, 0.1) is 0 Å². The number of benzene rings is 1. The number of para-hydroxylation sites is 1. The maximum atomic E-state index is 5.58. The standard InChI is InChI=1S/C19H32N4O/c1-3-4-14-24-15-8-12-21-19(20-2)22-17-11-13-23(16-17)18-9-6-5-7-10-18/h5-7,9-10,17H,3-4,8,11-16H2,1-2H3,(H2,20,21,22). The summed E-state index contributed by atoms with van der Waals surface area (Å²) in [6.45, 7) is 6.87. The third kappa shape index (κ3) is 6.40. The van der Waals surface area contributed by atoms with E-state index < -0.39 is 0 Å². The van der Waals surface area contributed by atoms with Crippen molar-refractivity contribution in [1.82, 2.24) is 10.6 Å². The topological polar surface area (TPSA) is 48.9 Å². The van der Waals surface area contributed by atoms with Crippen molar-refractivity contribution >= 4 is 11.6 Å². The molecule has 0 aromatic heterocycles. The van der Waals surface area contributed by atoms with Crippen LogP contribution in [0.2, 0.25) is 0 Å². The molecule has 0 amide bonds. The quantitative estimate of drug-likeness (QED) is 0.415. The Labute approximate surface area is 146 Å². The summed E-state index contributed by atoms with van der Waals surface area (Å²) >= 11 is 0. The number of nitrogens with zero attached hydrogens (tertiary/aromatic N) is 2. The third-order valence-electron chi connectivity index (χ3n) is 4.27. The summed E-state index contributed by atoms with van der Waals surface area (Å²) in [5.74, 6) is 0.892. The number of aliphatic imine (C=N–C) groups is 1. The number of rotatable bonds is 9. The van der Waals surface area contributed by atoms with E-state index in [2.05, 4.69) is 57.8 Å². The van der Waals surface area contributed by atoms with Crippen LogP contribution < -0.4 is 15.5 Å². The zero-order valence-electron chi connectivity index (χ0n) is 15.1. The molecule has 1 heterocycles. The van der Waals surface area contributed by atoms with E-state index in [1.807, 2.05) is 7.05 Å². The lowest BCUT2D eigenvalue weighted by Crippen LogP contribution is -2.45. The molecule has 0 spiro atoms. The van der Waals surface area contributed by atoms with Crippen LogP contribution in [0.15, 0.2) is 35.3 Å². The molecule has 2 rings (SSSR count). The zero-order chi connectivity index (χ0) is 17.0. The van der Waals surface area contributed by atoms with Crippen LogP contribution in [0.3, 0.4) is 0 Å². The van der Waals surface area contributed by atoms with Gasteiger partial charge in [-0.15, -0.1) is 0 Å². The van der Waals surface area contributed by atoms with Crippen LogP contribution in [0.1, 0.15) is 32.6 Å². The fourth-order valence-corrected chi connectivity index (χ4v) is 2.87. The van der Waals surface area contributed by atoms with Crippen molar-refractivity contribution in [3.8, 4) is 0 Å². The predicted molar refractivity (Wildman–Crippen MR) is 102 cm³/mol. The minimum atomic E-state index is 0.442. The Bertz CT molecular complexity index is 478. The highest BCUT2D eigenvalue weighted by molar-refractivity contribution is 5.80. The Morgan fingerprint density at radius 2 is 2.04 bits per heavy atom. The molecule has 5 nitrogen and oxygen atoms in total. The van der Waals surface area contributed by atoms with Crippen LogP contribution in [-0.2, 0) is 4.74 Å². The highest BCUT2D eigenvalue weighted by Gasteiger charge is 2.23. The van der Waals surface area contributed by atoms with Gasteiger partial charge in [-0.05, 0) is 31.4 Å². The van der Waals surface area contributed by atoms with E-state index in [4.69, 9.17) is 4.74 Å². The van der Waals surface area contributed by atoms with Gasteiger partial charge in [-0.2, -0.15) is 0 Å². The smallest absolute Gasteiger partial charge is 0.191 e. The molecule has 1 unspecified atom stereocenters. The molecule has 24 heavy (non-hydrogen) atoms. The molecule has 1 aromatic rings. The van der Waals surface area contributed by atoms with Crippen molar-refractivity contribution in [1.29, 1.82) is 0 Å². The second-order valence-electron chi connectivity index (χ2n) is 6.23. The number of anilines is 1. The van der Waals surface area contributed by atoms with Gasteiger partial charge in [0.1, 0.15) is 0 Å². The molecule has 0 bridgehead atoms. The minimum absolute atomic E-state index is 0.442. The molecule has 0 radical (unpaired) electrons. The third-order valence-corrected chi connectivity index (χ3v) is 4.27. The number of hydrogen-bond acceptors (Lipinski definition) is 3. The second kappa shape index (κ2) is 10.9. The SMILES string of the molecule is CCCCOCCCNC(=NC)NC1CCN(c2ccccc2)C1. The van der Waals surface area contributed by atoms with Crippen LogP contribution in [-0.4, -0.2) is 51.9 Å². The summed E-state index contributed by atoms with van der Waals surface area (Å²) in [5, 5.41) is 6.92. The van der Waals surface area contributed by atoms with Gasteiger partial charge in [0.2, 0.25) is 0 Å². The summed E-state index contributed by atoms with van der Waals surface area (Å²) in [6, 6.07) is 11.0. The average molecular weight is 332 g/mol. The summed E-state index contributed by atoms with van der Waals surface area (Å²) < 4.78 is 5.58. The lowest BCUT2D eigenvalue weighted by Gasteiger charge is -2.20. The largest absolute Gasteiger partial charge is 0.381 e. The predicted octanol–water partition coefficient (Wildman–Crippen LogP) is 2.64. The van der Waals surface area contributed by atoms with Crippen LogP contribution in [0.25, 0.3) is 0 Å². The molecule has 0 saturated carbocycles. The van der Waals surface area contributed by atoms with Gasteiger partial charge in [-0.1, -0.05) is 31.5 Å². The first-order valence-electron chi connectivity index (χ1n) is 9.18. The van der Waals surface area contributed by atoms with Crippen molar-refractivity contribution in [2.75, 3.05) is 44.8 Å². The second-order valence-corrected chi connectivity index (χ2v) is 6.23. The fraction of sp³-hybridized carbons (Fsp3) is 0.632. The molecular weight excluding hydrogens is 300 g/mol. The Hall–Kier alpha value is -1.75. The van der Waals surface area contributed by atoms with E-state index in [0.29, 0.717) is 6.04 Å². The number of guanidine groups is 1. The summed E-state index contributed by atoms with van der Waals surface area (Å²) in [7, 11) is 1.83. The van der Waals surface area contributed by atoms with Crippen LogP contribution in [0, 0.1) is 0 Å². The van der Waals surface area contributed by atoms with Gasteiger partial charge in [0.15, 0.2) is 5.96 Å². The first-order chi connectivity index (χ1) is 11.8. The lowest BCUT2D eigenvalue weighted by molar-refractivity contribution is 0.129. The van der Waals surface area contributed by atoms with Gasteiger partial charge in [0.25, 0.3) is 0 Å². The zero-order valence-corrected chi connectivity index (χ0v) is 15.1. The van der Waals surface area contributed by atoms with E-state index in [1.54, 1.807) is 0 Å². The average Bonchev–Trinajstić information content (AvgIpc) is 3.09. The van der Waals surface area contributed by atoms with Crippen molar-refractivity contribution in [2.45, 2.75) is 38.6 Å². The molecule has 0 aliphatic carbocycles. The molecule has 1 atom stereocenters. The molecule has 1 aromatic carbocycles. The highest BCUT2D eigenvalue weighted by Crippen LogP contribution is 2.19. The molecule has 5 heteroatoms. The van der Waals surface area contributed by atoms with Gasteiger partial charge < -0.3 is 20.3 Å². The van der Waals surface area contributed by atoms with Crippen molar-refractivity contribution in [3.05, 3.63) is 30.3 Å². The maximum absolute atomic E-state index is 5.58. The van der Waals surface area contributed by atoms with Crippen LogP contribution in [0.4, 0.5) is 5.69 Å². The summed E-state index contributed by atoms with van der Waals surface area (Å²) in [5.41, 5.74) is 1.30. The lowest BCUT2D eigenvalue weighted by atomic mass is 10.3. The monoisotopic (exact) mass is 332 g/mol. The number of nitrogens with one attached hydrogen (secondary N) is 2. The molecule has 2 N–H and O–H groups in total. The van der Waals surface area contributed by atoms with E-state index in [1.165, 1.54) is 12.1 Å². The highest BCUT2D eigenvalue weighted by atomic mass is 16.5. The Balaban J connectivity index is 1.63. The molecule has 1 saturated heterocycles. The first kappa shape index (κ1) is 18.6. The molecule has 134 valence electrons. The minimum Gasteiger partial charge on any atom is -0.381 e. The number of unbranched alkanes of at least 4 members (excludes halogenated alkanes) is 1. The number of ether oxygens (including phenoxy) is 1. The molecule has 1 aliphatic heterocycles. The maximum Gasteiger partial charge on any atom is 0.191 e. The van der Waals surface area contributed by atoms with E-state index >= 15 is 0 Å². The van der Waals surface area contributed by atoms with Gasteiger partial charge in [0, 0.05) is 51.6 Å². The summed E-state index contributed by atoms with van der Waals surface area (Å²) in [6.07, 6.45) is 4.48. The van der Waals surface area contributed by atoms with Crippen molar-refractivity contribution in [2.24, 2.45) is 4.99 Å². The Kier molecular flexibility index (Phi) is 8.46. The van der Waals surface area contributed by atoms with Gasteiger partial charge in [-0.3, -0.25) is 4.99 Å². The van der Waals surface area contributed by atoms with Gasteiger partial charge >= 0.3 is 0 Å². The van der Waals surface area contributed by atoms with Crippen molar-refractivity contribution < 1.29 is 4.74 Å². The van der Waals surface area contributed by atoms with E-state index in [-0.39, 0.29) is 0 Å². The Morgan fingerprint density at radius 3 is 2.79 bits per heavy atom. The molecule has 1 fully saturated rings. The van der Waals surface area contributed by atoms with E-state index in [9.17, 15) is 0 Å². The normalized spacial score (nSPS) is 18.0. The fourth-order valence-electron chi connectivity index (χ4n) is 2.87.